The molecule has 2 heterocycles. The highest BCUT2D eigenvalue weighted by molar-refractivity contribution is 6.03. The van der Waals surface area contributed by atoms with E-state index >= 15 is 0 Å². The smallest absolute Gasteiger partial charge is 0.148 e. The third-order valence-electron chi connectivity index (χ3n) is 5.68. The molecular weight excluding hydrogens is 342 g/mol. The molecule has 0 radical (unpaired) electrons. The quantitative estimate of drug-likeness (QED) is 0.364. The largest absolute Gasteiger partial charge is 0.359 e. The summed E-state index contributed by atoms with van der Waals surface area (Å²) in [6.45, 7) is 2.06. The van der Waals surface area contributed by atoms with Crippen molar-refractivity contribution < 1.29 is 0 Å². The van der Waals surface area contributed by atoms with Gasteiger partial charge in [-0.2, -0.15) is 5.10 Å². The summed E-state index contributed by atoms with van der Waals surface area (Å²) in [4.78, 5) is 0. The maximum atomic E-state index is 4.88. The van der Waals surface area contributed by atoms with Gasteiger partial charge >= 0.3 is 0 Å². The summed E-state index contributed by atoms with van der Waals surface area (Å²) < 4.78 is 2.14. The second-order valence-corrected chi connectivity index (χ2v) is 7.44. The first-order valence-corrected chi connectivity index (χ1v) is 9.62. The Hall–Kier alpha value is -3.59. The molecule has 4 aromatic carbocycles. The zero-order valence-corrected chi connectivity index (χ0v) is 15.6. The maximum absolute atomic E-state index is 4.88. The van der Waals surface area contributed by atoms with Crippen molar-refractivity contribution in [2.75, 3.05) is 5.32 Å². The van der Waals surface area contributed by atoms with E-state index in [1.807, 2.05) is 0 Å². The summed E-state index contributed by atoms with van der Waals surface area (Å²) in [7, 11) is 0. The van der Waals surface area contributed by atoms with Gasteiger partial charge in [-0.05, 0) is 46.7 Å². The Kier molecular flexibility index (Phi) is 3.15. The Morgan fingerprint density at radius 3 is 2.18 bits per heavy atom. The van der Waals surface area contributed by atoms with E-state index in [0.29, 0.717) is 0 Å². The molecule has 0 saturated heterocycles. The average molecular weight is 361 g/mol. The van der Waals surface area contributed by atoms with E-state index in [4.69, 9.17) is 5.10 Å². The standard InChI is InChI=1S/C25H19N3/c1-16-14-23-21-12-6-7-13-22(21)26-25(28(23)27-16)24-19-10-4-2-8-17(19)15-18-9-3-5-11-20(18)24/h2-15,25-26H,1H3. The van der Waals surface area contributed by atoms with E-state index in [1.54, 1.807) is 0 Å². The van der Waals surface area contributed by atoms with Crippen molar-refractivity contribution in [2.45, 2.75) is 13.1 Å². The summed E-state index contributed by atoms with van der Waals surface area (Å²) in [5, 5.41) is 13.7. The fourth-order valence-electron chi connectivity index (χ4n) is 4.49. The van der Waals surface area contributed by atoms with Crippen molar-refractivity contribution in [3.63, 3.8) is 0 Å². The molecule has 0 aliphatic carbocycles. The Balaban J connectivity index is 1.72. The number of aromatic nitrogens is 2. The van der Waals surface area contributed by atoms with E-state index < -0.39 is 0 Å². The van der Waals surface area contributed by atoms with Gasteiger partial charge in [0.15, 0.2) is 0 Å². The first kappa shape index (κ1) is 15.5. The second kappa shape index (κ2) is 5.70. The highest BCUT2D eigenvalue weighted by Crippen LogP contribution is 2.42. The van der Waals surface area contributed by atoms with Gasteiger partial charge in [-0.15, -0.1) is 0 Å². The lowest BCUT2D eigenvalue weighted by Crippen LogP contribution is -2.26. The molecule has 1 aliphatic heterocycles. The topological polar surface area (TPSA) is 29.9 Å². The lowest BCUT2D eigenvalue weighted by molar-refractivity contribution is 0.577. The van der Waals surface area contributed by atoms with Crippen LogP contribution in [0.15, 0.2) is 84.9 Å². The van der Waals surface area contributed by atoms with E-state index in [1.165, 1.54) is 32.7 Å². The highest BCUT2D eigenvalue weighted by atomic mass is 15.4. The molecule has 1 aliphatic rings. The number of para-hydroxylation sites is 1. The third kappa shape index (κ3) is 2.13. The molecule has 0 fully saturated rings. The van der Waals surface area contributed by atoms with Crippen LogP contribution in [0.25, 0.3) is 32.8 Å². The van der Waals surface area contributed by atoms with Crippen molar-refractivity contribution in [1.82, 2.24) is 9.78 Å². The number of anilines is 1. The van der Waals surface area contributed by atoms with Gasteiger partial charge in [0, 0.05) is 16.8 Å². The van der Waals surface area contributed by atoms with Crippen molar-refractivity contribution in [1.29, 1.82) is 0 Å². The number of aryl methyl sites for hydroxylation is 1. The van der Waals surface area contributed by atoms with Gasteiger partial charge < -0.3 is 5.32 Å². The SMILES string of the molecule is Cc1cc2n(n1)C(c1c3ccccc3cc3ccccc13)Nc1ccccc1-2. The van der Waals surface area contributed by atoms with E-state index in [-0.39, 0.29) is 6.17 Å². The van der Waals surface area contributed by atoms with Gasteiger partial charge in [-0.1, -0.05) is 66.7 Å². The van der Waals surface area contributed by atoms with Crippen LogP contribution in [0.3, 0.4) is 0 Å². The Bertz CT molecular complexity index is 1310. The highest BCUT2D eigenvalue weighted by Gasteiger charge is 2.28. The Morgan fingerprint density at radius 2 is 1.43 bits per heavy atom. The molecule has 1 atom stereocenters. The molecule has 1 N–H and O–H groups in total. The molecule has 6 rings (SSSR count). The van der Waals surface area contributed by atoms with E-state index in [2.05, 4.69) is 102 Å². The fourth-order valence-corrected chi connectivity index (χ4v) is 4.49. The number of rotatable bonds is 1. The summed E-state index contributed by atoms with van der Waals surface area (Å²) in [6, 6.07) is 30.2. The van der Waals surface area contributed by atoms with Crippen LogP contribution < -0.4 is 5.32 Å². The van der Waals surface area contributed by atoms with Crippen LogP contribution >= 0.6 is 0 Å². The first-order chi connectivity index (χ1) is 13.8. The van der Waals surface area contributed by atoms with Gasteiger partial charge in [0.05, 0.1) is 11.4 Å². The minimum Gasteiger partial charge on any atom is -0.359 e. The maximum Gasteiger partial charge on any atom is 0.148 e. The van der Waals surface area contributed by atoms with Crippen LogP contribution in [0.4, 0.5) is 5.69 Å². The van der Waals surface area contributed by atoms with Gasteiger partial charge in [0.25, 0.3) is 0 Å². The van der Waals surface area contributed by atoms with Crippen LogP contribution in [-0.2, 0) is 0 Å². The molecule has 0 amide bonds. The normalized spacial score (nSPS) is 15.2. The van der Waals surface area contributed by atoms with Crippen LogP contribution in [-0.4, -0.2) is 9.78 Å². The van der Waals surface area contributed by atoms with Gasteiger partial charge in [-0.25, -0.2) is 4.68 Å². The van der Waals surface area contributed by atoms with Gasteiger partial charge in [0.1, 0.15) is 6.17 Å². The molecule has 0 spiro atoms. The van der Waals surface area contributed by atoms with Gasteiger partial charge in [-0.3, -0.25) is 0 Å². The Labute approximate surface area is 163 Å². The first-order valence-electron chi connectivity index (χ1n) is 9.62. The van der Waals surface area contributed by atoms with Crippen molar-refractivity contribution in [3.05, 3.63) is 96.2 Å². The average Bonchev–Trinajstić information content (AvgIpc) is 3.13. The monoisotopic (exact) mass is 361 g/mol. The molecule has 1 unspecified atom stereocenters. The van der Waals surface area contributed by atoms with E-state index in [0.717, 1.165) is 17.1 Å². The minimum atomic E-state index is -0.0606. The number of nitrogens with zero attached hydrogens (tertiary/aromatic N) is 2. The zero-order chi connectivity index (χ0) is 18.7. The summed E-state index contributed by atoms with van der Waals surface area (Å²) >= 11 is 0. The minimum absolute atomic E-state index is 0.0606. The number of hydrogen-bond acceptors (Lipinski definition) is 2. The van der Waals surface area contributed by atoms with Crippen LogP contribution in [0.1, 0.15) is 17.4 Å². The Morgan fingerprint density at radius 1 is 0.786 bits per heavy atom. The second-order valence-electron chi connectivity index (χ2n) is 7.44. The van der Waals surface area contributed by atoms with Crippen LogP contribution in [0.2, 0.25) is 0 Å². The van der Waals surface area contributed by atoms with E-state index in [9.17, 15) is 0 Å². The lowest BCUT2D eigenvalue weighted by atomic mass is 9.93. The predicted octanol–water partition coefficient (Wildman–Crippen LogP) is 6.14. The number of fused-ring (bicyclic) bond motifs is 5. The number of nitrogens with one attached hydrogen (secondary N) is 1. The molecule has 134 valence electrons. The number of hydrogen-bond donors (Lipinski definition) is 1. The molecule has 0 bridgehead atoms. The molecule has 3 nitrogen and oxygen atoms in total. The van der Waals surface area contributed by atoms with Gasteiger partial charge in [0.2, 0.25) is 0 Å². The van der Waals surface area contributed by atoms with Crippen molar-refractivity contribution >= 4 is 27.2 Å². The molecule has 28 heavy (non-hydrogen) atoms. The molecule has 0 saturated carbocycles. The summed E-state index contributed by atoms with van der Waals surface area (Å²) in [5.74, 6) is 0. The molecule has 3 heteroatoms. The third-order valence-corrected chi connectivity index (χ3v) is 5.68. The molecular formula is C25H19N3. The van der Waals surface area contributed by atoms with Crippen molar-refractivity contribution in [3.8, 4) is 11.3 Å². The summed E-state index contributed by atoms with van der Waals surface area (Å²) in [6.07, 6.45) is -0.0606. The number of benzene rings is 4. The van der Waals surface area contributed by atoms with Crippen LogP contribution in [0.5, 0.6) is 0 Å². The zero-order valence-electron chi connectivity index (χ0n) is 15.6. The van der Waals surface area contributed by atoms with Crippen LogP contribution in [0, 0.1) is 6.92 Å². The molecule has 1 aromatic heterocycles. The van der Waals surface area contributed by atoms with Crippen molar-refractivity contribution in [2.24, 2.45) is 0 Å². The lowest BCUT2D eigenvalue weighted by Gasteiger charge is -2.31. The summed E-state index contributed by atoms with van der Waals surface area (Å²) in [5.41, 5.74) is 5.81. The predicted molar refractivity (Wildman–Crippen MR) is 116 cm³/mol. The fraction of sp³-hybridized carbons (Fsp3) is 0.0800. The molecule has 5 aromatic rings.